The van der Waals surface area contributed by atoms with Crippen molar-refractivity contribution in [2.45, 2.75) is 25.2 Å². The maximum atomic E-state index is 14.4. The van der Waals surface area contributed by atoms with Gasteiger partial charge in [0, 0.05) is 24.7 Å². The lowest BCUT2D eigenvalue weighted by Gasteiger charge is -2.33. The van der Waals surface area contributed by atoms with E-state index in [0.717, 1.165) is 13.1 Å². The Morgan fingerprint density at radius 1 is 1.08 bits per heavy atom. The average molecular weight is 523 g/mol. The van der Waals surface area contributed by atoms with Crippen LogP contribution >= 0.6 is 0 Å². The zero-order chi connectivity index (χ0) is 26.6. The van der Waals surface area contributed by atoms with E-state index >= 15 is 0 Å². The second-order valence-electron chi connectivity index (χ2n) is 8.27. The van der Waals surface area contributed by atoms with Crippen LogP contribution in [-0.4, -0.2) is 61.4 Å². The molecule has 196 valence electrons. The van der Waals surface area contributed by atoms with Gasteiger partial charge < -0.3 is 20.3 Å². The number of alkyl halides is 3. The van der Waals surface area contributed by atoms with Gasteiger partial charge in [-0.15, -0.1) is 0 Å². The Labute approximate surface area is 207 Å². The highest BCUT2D eigenvalue weighted by atomic mass is 19.4. The largest absolute Gasteiger partial charge is 0.408 e. The number of benzene rings is 1. The average Bonchev–Trinajstić information content (AvgIpc) is 3.53. The monoisotopic (exact) mass is 523 g/mol. The van der Waals surface area contributed by atoms with Gasteiger partial charge in [0.2, 0.25) is 0 Å². The number of aromatic nitrogens is 5. The number of hydrogen-bond donors (Lipinski definition) is 3. The normalized spacial score (nSPS) is 13.5. The molecule has 9 nitrogen and oxygen atoms in total. The van der Waals surface area contributed by atoms with E-state index in [4.69, 9.17) is 9.63 Å². The van der Waals surface area contributed by atoms with E-state index < -0.39 is 42.3 Å². The van der Waals surface area contributed by atoms with Crippen molar-refractivity contribution in [2.75, 3.05) is 25.0 Å². The Bertz CT molecular complexity index is 1340. The molecule has 0 bridgehead atoms. The lowest BCUT2D eigenvalue weighted by molar-refractivity contribution is -0.187. The molecule has 3 N–H and O–H groups in total. The lowest BCUT2D eigenvalue weighted by Crippen LogP contribution is -2.59. The molecule has 0 aliphatic rings. The van der Waals surface area contributed by atoms with Crippen LogP contribution in [0.15, 0.2) is 53.4 Å². The third-order valence-corrected chi connectivity index (χ3v) is 5.59. The Kier molecular flexibility index (Phi) is 7.50. The number of β-amino-alcohol motifs (C(OH)–C–C–N with tert-alkyl or cyclic N) is 1. The summed E-state index contributed by atoms with van der Waals surface area (Å²) in [6.45, 7) is -0.720. The number of halogens is 5. The van der Waals surface area contributed by atoms with Crippen LogP contribution in [0.1, 0.15) is 12.5 Å². The molecule has 1 unspecified atom stereocenters. The van der Waals surface area contributed by atoms with Gasteiger partial charge in [-0.1, -0.05) is 23.4 Å². The van der Waals surface area contributed by atoms with Crippen LogP contribution in [0.25, 0.3) is 22.9 Å². The first-order chi connectivity index (χ1) is 17.6. The predicted octanol–water partition coefficient (Wildman–Crippen LogP) is 3.64. The summed E-state index contributed by atoms with van der Waals surface area (Å²) in [5.74, 6) is -1.98. The molecule has 37 heavy (non-hydrogen) atoms. The summed E-state index contributed by atoms with van der Waals surface area (Å²) >= 11 is 0. The molecule has 0 saturated carbocycles. The molecule has 0 spiro atoms. The van der Waals surface area contributed by atoms with Crippen LogP contribution in [-0.2, 0) is 6.54 Å². The van der Waals surface area contributed by atoms with Gasteiger partial charge in [-0.25, -0.2) is 18.7 Å². The Hall–Kier alpha value is -3.91. The summed E-state index contributed by atoms with van der Waals surface area (Å²) in [4.78, 5) is 7.95. The van der Waals surface area contributed by atoms with E-state index in [1.54, 1.807) is 24.3 Å². The fourth-order valence-corrected chi connectivity index (χ4v) is 3.46. The number of aliphatic hydroxyl groups excluding tert-OH is 1. The van der Waals surface area contributed by atoms with Crippen LogP contribution in [0, 0.1) is 11.6 Å². The molecule has 3 aromatic heterocycles. The minimum absolute atomic E-state index is 0.0155. The number of aliphatic hydroxyl groups is 1. The fraction of sp³-hybridized carbons (Fsp3) is 0.304. The third kappa shape index (κ3) is 5.75. The summed E-state index contributed by atoms with van der Waals surface area (Å²) in [5, 5.41) is 21.8. The third-order valence-electron chi connectivity index (χ3n) is 5.59. The van der Waals surface area contributed by atoms with Crippen LogP contribution in [0.3, 0.4) is 0 Å². The molecule has 4 rings (SSSR count). The second kappa shape index (κ2) is 10.6. The maximum Gasteiger partial charge on any atom is 0.408 e. The SMILES string of the molecule is CC(CNc1nc(-c2cc(-c3ccon3)n(Cc3ccccc3F)n2)ncc1F)(NCCO)C(F)(F)F. The van der Waals surface area contributed by atoms with Crippen molar-refractivity contribution in [3.63, 3.8) is 0 Å². The Morgan fingerprint density at radius 3 is 2.54 bits per heavy atom. The molecule has 1 atom stereocenters. The van der Waals surface area contributed by atoms with Crippen LogP contribution in [0.2, 0.25) is 0 Å². The second-order valence-corrected chi connectivity index (χ2v) is 8.27. The van der Waals surface area contributed by atoms with Gasteiger partial charge in [-0.05, 0) is 19.1 Å². The van der Waals surface area contributed by atoms with Crippen molar-refractivity contribution in [1.29, 1.82) is 0 Å². The van der Waals surface area contributed by atoms with Crippen molar-refractivity contribution in [2.24, 2.45) is 0 Å². The molecular weight excluding hydrogens is 501 g/mol. The van der Waals surface area contributed by atoms with Crippen LogP contribution in [0.5, 0.6) is 0 Å². The van der Waals surface area contributed by atoms with Gasteiger partial charge in [0.25, 0.3) is 0 Å². The van der Waals surface area contributed by atoms with Crippen molar-refractivity contribution in [1.82, 2.24) is 30.2 Å². The molecule has 0 radical (unpaired) electrons. The number of nitrogens with zero attached hydrogens (tertiary/aromatic N) is 5. The fourth-order valence-electron chi connectivity index (χ4n) is 3.46. The highest BCUT2D eigenvalue weighted by Gasteiger charge is 2.50. The van der Waals surface area contributed by atoms with Crippen molar-refractivity contribution < 1.29 is 31.6 Å². The first-order valence-corrected chi connectivity index (χ1v) is 11.0. The molecule has 3 heterocycles. The van der Waals surface area contributed by atoms with E-state index in [-0.39, 0.29) is 24.6 Å². The molecule has 0 saturated heterocycles. The molecular formula is C23H22F5N7O2. The van der Waals surface area contributed by atoms with Gasteiger partial charge in [0.1, 0.15) is 29.0 Å². The topological polar surface area (TPSA) is 114 Å². The first-order valence-electron chi connectivity index (χ1n) is 11.0. The standard InChI is InChI=1S/C23H22F5N7O2/c1-22(23(26,27)28,31-7-8-36)13-30-20-16(25)11-29-21(32-20)18-10-19(17-6-9-37-34-17)35(33-18)12-14-4-2-3-5-15(14)24/h2-6,9-11,31,36H,7-8,12-13H2,1H3,(H,29,30,32). The highest BCUT2D eigenvalue weighted by Crippen LogP contribution is 2.31. The summed E-state index contributed by atoms with van der Waals surface area (Å²) in [6, 6.07) is 9.20. The van der Waals surface area contributed by atoms with Crippen molar-refractivity contribution in [3.8, 4) is 22.9 Å². The molecule has 1 aromatic carbocycles. The highest BCUT2D eigenvalue weighted by molar-refractivity contribution is 5.63. The lowest BCUT2D eigenvalue weighted by atomic mass is 10.0. The zero-order valence-corrected chi connectivity index (χ0v) is 19.4. The minimum Gasteiger partial charge on any atom is -0.395 e. The van der Waals surface area contributed by atoms with Gasteiger partial charge >= 0.3 is 6.18 Å². The Balaban J connectivity index is 1.65. The van der Waals surface area contributed by atoms with Gasteiger partial charge in [-0.3, -0.25) is 4.68 Å². The zero-order valence-electron chi connectivity index (χ0n) is 19.4. The summed E-state index contributed by atoms with van der Waals surface area (Å²) < 4.78 is 75.8. The summed E-state index contributed by atoms with van der Waals surface area (Å²) in [5.41, 5.74) is -1.19. The number of anilines is 1. The van der Waals surface area contributed by atoms with E-state index in [9.17, 15) is 22.0 Å². The van der Waals surface area contributed by atoms with E-state index in [1.165, 1.54) is 23.1 Å². The minimum atomic E-state index is -4.71. The number of nitrogens with one attached hydrogen (secondary N) is 2. The summed E-state index contributed by atoms with van der Waals surface area (Å²) in [7, 11) is 0. The smallest absolute Gasteiger partial charge is 0.395 e. The molecule has 14 heteroatoms. The summed E-state index contributed by atoms with van der Waals surface area (Å²) in [6.07, 6.45) is -2.56. The molecule has 0 aliphatic heterocycles. The predicted molar refractivity (Wildman–Crippen MR) is 122 cm³/mol. The Morgan fingerprint density at radius 2 is 1.86 bits per heavy atom. The molecule has 0 amide bonds. The van der Waals surface area contributed by atoms with E-state index in [0.29, 0.717) is 17.0 Å². The van der Waals surface area contributed by atoms with Gasteiger partial charge in [0.15, 0.2) is 17.5 Å². The first kappa shape index (κ1) is 26.2. The van der Waals surface area contributed by atoms with Crippen LogP contribution < -0.4 is 10.6 Å². The number of hydrogen-bond acceptors (Lipinski definition) is 8. The van der Waals surface area contributed by atoms with Gasteiger partial charge in [-0.2, -0.15) is 18.3 Å². The maximum absolute atomic E-state index is 14.4. The van der Waals surface area contributed by atoms with Crippen molar-refractivity contribution in [3.05, 3.63) is 66.1 Å². The van der Waals surface area contributed by atoms with Crippen LogP contribution in [0.4, 0.5) is 27.8 Å². The molecule has 0 aliphatic carbocycles. The number of rotatable bonds is 10. The van der Waals surface area contributed by atoms with Gasteiger partial charge in [0.05, 0.1) is 25.0 Å². The quantitative estimate of drug-likeness (QED) is 0.270. The molecule has 4 aromatic rings. The van der Waals surface area contributed by atoms with Crippen molar-refractivity contribution >= 4 is 5.82 Å². The van der Waals surface area contributed by atoms with E-state index in [2.05, 4.69) is 30.9 Å². The van der Waals surface area contributed by atoms with E-state index in [1.807, 2.05) is 0 Å². The molecule has 0 fully saturated rings.